The van der Waals surface area contributed by atoms with Crippen molar-refractivity contribution in [1.29, 1.82) is 0 Å². The molecule has 0 aromatic heterocycles. The summed E-state index contributed by atoms with van der Waals surface area (Å²) in [5, 5.41) is 5.47. The molecular formula is C18H13ClN2O3S. The fourth-order valence-electron chi connectivity index (χ4n) is 2.18. The van der Waals surface area contributed by atoms with Gasteiger partial charge in [0.2, 0.25) is 0 Å². The number of hydrogen-bond acceptors (Lipinski definition) is 4. The van der Waals surface area contributed by atoms with Crippen LogP contribution in [0, 0.1) is 0 Å². The molecule has 2 aromatic rings. The fourth-order valence-corrected chi connectivity index (χ4v) is 2.49. The van der Waals surface area contributed by atoms with E-state index in [1.807, 2.05) is 24.3 Å². The van der Waals surface area contributed by atoms with Crippen molar-refractivity contribution in [3.05, 3.63) is 70.3 Å². The van der Waals surface area contributed by atoms with Gasteiger partial charge in [-0.05, 0) is 53.7 Å². The van der Waals surface area contributed by atoms with Gasteiger partial charge in [-0.2, -0.15) is 0 Å². The van der Waals surface area contributed by atoms with Gasteiger partial charge in [-0.25, -0.2) is 0 Å². The molecule has 0 atom stereocenters. The summed E-state index contributed by atoms with van der Waals surface area (Å²) in [7, 11) is 0. The van der Waals surface area contributed by atoms with Crippen LogP contribution in [0.15, 0.2) is 54.1 Å². The second-order valence-corrected chi connectivity index (χ2v) is 6.12. The van der Waals surface area contributed by atoms with E-state index in [0.29, 0.717) is 22.9 Å². The van der Waals surface area contributed by atoms with E-state index in [1.165, 1.54) is 6.08 Å². The molecule has 1 saturated heterocycles. The van der Waals surface area contributed by atoms with Gasteiger partial charge in [0.15, 0.2) is 5.11 Å². The quantitative estimate of drug-likeness (QED) is 0.492. The zero-order valence-corrected chi connectivity index (χ0v) is 14.5. The lowest BCUT2D eigenvalue weighted by molar-refractivity contribution is -0.123. The Bertz CT molecular complexity index is 839. The van der Waals surface area contributed by atoms with Gasteiger partial charge in [0.25, 0.3) is 11.8 Å². The lowest BCUT2D eigenvalue weighted by Crippen LogP contribution is -2.51. The smallest absolute Gasteiger partial charge is 0.263 e. The average Bonchev–Trinajstić information content (AvgIpc) is 2.59. The molecule has 5 nitrogen and oxygen atoms in total. The van der Waals surface area contributed by atoms with E-state index in [2.05, 4.69) is 10.6 Å². The number of nitrogens with one attached hydrogen (secondary N) is 2. The number of carbonyl (C=O) groups is 2. The SMILES string of the molecule is O=C1NC(=S)NC(=O)C1=Cc1ccc(OCc2ccc(Cl)cc2)cc1. The third kappa shape index (κ3) is 4.43. The van der Waals surface area contributed by atoms with Crippen molar-refractivity contribution in [2.45, 2.75) is 6.61 Å². The average molecular weight is 373 g/mol. The summed E-state index contributed by atoms with van der Waals surface area (Å²) in [5.74, 6) is -0.357. The van der Waals surface area contributed by atoms with E-state index in [4.69, 9.17) is 28.6 Å². The number of benzene rings is 2. The van der Waals surface area contributed by atoms with Crippen LogP contribution in [-0.4, -0.2) is 16.9 Å². The molecule has 0 bridgehead atoms. The van der Waals surface area contributed by atoms with E-state index in [-0.39, 0.29) is 10.7 Å². The number of hydrogen-bond donors (Lipinski definition) is 2. The number of rotatable bonds is 4. The highest BCUT2D eigenvalue weighted by Gasteiger charge is 2.25. The van der Waals surface area contributed by atoms with Crippen LogP contribution in [0.1, 0.15) is 11.1 Å². The van der Waals surface area contributed by atoms with Crippen LogP contribution in [0.25, 0.3) is 6.08 Å². The Kier molecular flexibility index (Phi) is 5.11. The minimum atomic E-state index is -0.517. The molecule has 1 heterocycles. The molecule has 25 heavy (non-hydrogen) atoms. The Morgan fingerprint density at radius 1 is 0.960 bits per heavy atom. The molecule has 2 aromatic carbocycles. The molecule has 7 heteroatoms. The molecule has 126 valence electrons. The minimum Gasteiger partial charge on any atom is -0.489 e. The molecule has 1 aliphatic heterocycles. The number of halogens is 1. The molecule has 0 saturated carbocycles. The third-order valence-corrected chi connectivity index (χ3v) is 3.91. The molecule has 0 spiro atoms. The van der Waals surface area contributed by atoms with E-state index in [9.17, 15) is 9.59 Å². The van der Waals surface area contributed by atoms with Gasteiger partial charge in [0, 0.05) is 5.02 Å². The number of thiocarbonyl (C=S) groups is 1. The Labute approximate surface area is 154 Å². The maximum absolute atomic E-state index is 11.8. The summed E-state index contributed by atoms with van der Waals surface area (Å²) in [6.45, 7) is 0.417. The Balaban J connectivity index is 1.66. The van der Waals surface area contributed by atoms with E-state index in [0.717, 1.165) is 5.56 Å². The molecule has 2 amide bonds. The van der Waals surface area contributed by atoms with Gasteiger partial charge in [0.1, 0.15) is 17.9 Å². The van der Waals surface area contributed by atoms with Crippen LogP contribution in [0.2, 0.25) is 5.02 Å². The second-order valence-electron chi connectivity index (χ2n) is 5.28. The van der Waals surface area contributed by atoms with Crippen LogP contribution in [-0.2, 0) is 16.2 Å². The van der Waals surface area contributed by atoms with Crippen LogP contribution in [0.5, 0.6) is 5.75 Å². The van der Waals surface area contributed by atoms with Gasteiger partial charge in [-0.15, -0.1) is 0 Å². The number of carbonyl (C=O) groups excluding carboxylic acids is 2. The highest BCUT2D eigenvalue weighted by atomic mass is 35.5. The molecule has 0 aliphatic carbocycles. The molecule has 2 N–H and O–H groups in total. The van der Waals surface area contributed by atoms with Gasteiger partial charge in [-0.3, -0.25) is 20.2 Å². The van der Waals surface area contributed by atoms with Gasteiger partial charge in [0.05, 0.1) is 0 Å². The van der Waals surface area contributed by atoms with Crippen LogP contribution >= 0.6 is 23.8 Å². The summed E-state index contributed by atoms with van der Waals surface area (Å²) in [5.41, 5.74) is 1.71. The second kappa shape index (κ2) is 7.46. The Hall–Kier alpha value is -2.70. The lowest BCUT2D eigenvalue weighted by atomic mass is 10.1. The molecular weight excluding hydrogens is 360 g/mol. The first-order valence-corrected chi connectivity index (χ1v) is 8.15. The van der Waals surface area contributed by atoms with E-state index in [1.54, 1.807) is 24.3 Å². The minimum absolute atomic E-state index is 0.00318. The van der Waals surface area contributed by atoms with Crippen LogP contribution < -0.4 is 15.4 Å². The summed E-state index contributed by atoms with van der Waals surface area (Å²) >= 11 is 10.6. The zero-order valence-electron chi connectivity index (χ0n) is 12.9. The third-order valence-electron chi connectivity index (χ3n) is 3.45. The molecule has 0 radical (unpaired) electrons. The lowest BCUT2D eigenvalue weighted by Gasteiger charge is -2.16. The van der Waals surface area contributed by atoms with Gasteiger partial charge in [-0.1, -0.05) is 35.9 Å². The van der Waals surface area contributed by atoms with Crippen molar-refractivity contribution in [3.8, 4) is 5.75 Å². The fraction of sp³-hybridized carbons (Fsp3) is 0.0556. The summed E-state index contributed by atoms with van der Waals surface area (Å²) in [4.78, 5) is 23.6. The topological polar surface area (TPSA) is 67.4 Å². The predicted molar refractivity (Wildman–Crippen MR) is 99.1 cm³/mol. The van der Waals surface area contributed by atoms with Crippen molar-refractivity contribution in [1.82, 2.24) is 10.6 Å². The van der Waals surface area contributed by atoms with Crippen LogP contribution in [0.4, 0.5) is 0 Å². The molecule has 3 rings (SSSR count). The maximum atomic E-state index is 11.8. The predicted octanol–water partition coefficient (Wildman–Crippen LogP) is 2.83. The van der Waals surface area contributed by atoms with Gasteiger partial charge >= 0.3 is 0 Å². The van der Waals surface area contributed by atoms with Gasteiger partial charge < -0.3 is 4.74 Å². The highest BCUT2D eigenvalue weighted by Crippen LogP contribution is 2.17. The molecule has 1 fully saturated rings. The normalized spacial score (nSPS) is 14.0. The van der Waals surface area contributed by atoms with E-state index >= 15 is 0 Å². The van der Waals surface area contributed by atoms with Crippen molar-refractivity contribution in [3.63, 3.8) is 0 Å². The maximum Gasteiger partial charge on any atom is 0.263 e. The first-order valence-electron chi connectivity index (χ1n) is 7.37. The standard InChI is InChI=1S/C18H13ClN2O3S/c19-13-5-1-12(2-6-13)10-24-14-7-3-11(4-8-14)9-15-16(22)20-18(25)21-17(15)23/h1-9H,10H2,(H2,20,21,22,23,25). The van der Waals surface area contributed by atoms with Crippen molar-refractivity contribution in [2.75, 3.05) is 0 Å². The highest BCUT2D eigenvalue weighted by molar-refractivity contribution is 7.80. The molecule has 0 unspecified atom stereocenters. The largest absolute Gasteiger partial charge is 0.489 e. The number of ether oxygens (including phenoxy) is 1. The van der Waals surface area contributed by atoms with Crippen molar-refractivity contribution >= 4 is 46.8 Å². The summed E-state index contributed by atoms with van der Waals surface area (Å²) in [6, 6.07) is 14.5. The van der Waals surface area contributed by atoms with Crippen molar-refractivity contribution in [2.24, 2.45) is 0 Å². The first kappa shape index (κ1) is 17.1. The Morgan fingerprint density at radius 2 is 1.56 bits per heavy atom. The van der Waals surface area contributed by atoms with Crippen LogP contribution in [0.3, 0.4) is 0 Å². The monoisotopic (exact) mass is 372 g/mol. The zero-order chi connectivity index (χ0) is 17.8. The van der Waals surface area contributed by atoms with Crippen molar-refractivity contribution < 1.29 is 14.3 Å². The molecule has 1 aliphatic rings. The van der Waals surface area contributed by atoms with E-state index < -0.39 is 11.8 Å². The number of amides is 2. The summed E-state index contributed by atoms with van der Waals surface area (Å²) in [6.07, 6.45) is 1.50. The summed E-state index contributed by atoms with van der Waals surface area (Å²) < 4.78 is 5.69. The first-order chi connectivity index (χ1) is 12.0. The Morgan fingerprint density at radius 3 is 2.16 bits per heavy atom.